The van der Waals surface area contributed by atoms with Gasteiger partial charge in [0, 0.05) is 43.0 Å². The lowest BCUT2D eigenvalue weighted by atomic mass is 9.94. The second kappa shape index (κ2) is 21.9. The molecular formula is C42H42Cl3F3N2O13S. The summed E-state index contributed by atoms with van der Waals surface area (Å²) in [6.07, 6.45) is -15.9. The average Bonchev–Trinajstić information content (AvgIpc) is 3.23. The van der Waals surface area contributed by atoms with Crippen molar-refractivity contribution in [2.45, 2.75) is 102 Å². The number of fused-ring (bicyclic) bond motifs is 1. The predicted molar refractivity (Wildman–Crippen MR) is 224 cm³/mol. The first-order valence-corrected chi connectivity index (χ1v) is 21.5. The highest BCUT2D eigenvalue weighted by Crippen LogP contribution is 2.42. The maximum atomic E-state index is 14.2. The third-order valence-electron chi connectivity index (χ3n) is 9.67. The number of alkyl halides is 6. The van der Waals surface area contributed by atoms with Crippen LogP contribution in [0.5, 0.6) is 0 Å². The van der Waals surface area contributed by atoms with Crippen molar-refractivity contribution in [1.82, 2.24) is 5.32 Å². The molecule has 3 aromatic carbocycles. The van der Waals surface area contributed by atoms with E-state index in [1.807, 2.05) is 0 Å². The highest BCUT2D eigenvalue weighted by molar-refractivity contribution is 7.99. The number of amides is 1. The van der Waals surface area contributed by atoms with Gasteiger partial charge in [0.1, 0.15) is 49.1 Å². The topological polar surface area (TPSA) is 176 Å². The Balaban J connectivity index is 1.50. The molecule has 11 atom stereocenters. The summed E-state index contributed by atoms with van der Waals surface area (Å²) in [6.45, 7) is 1.89. The smallest absolute Gasteiger partial charge is 0.417 e. The molecule has 3 heterocycles. The Morgan fingerprint density at radius 3 is 2.09 bits per heavy atom. The predicted octanol–water partition coefficient (Wildman–Crippen LogP) is 7.13. The molecular weight excluding hydrogens is 936 g/mol. The molecule has 1 amide bonds. The van der Waals surface area contributed by atoms with Gasteiger partial charge in [-0.1, -0.05) is 113 Å². The fourth-order valence-electron chi connectivity index (χ4n) is 7.07. The van der Waals surface area contributed by atoms with E-state index in [1.54, 1.807) is 60.7 Å². The zero-order chi connectivity index (χ0) is 46.2. The van der Waals surface area contributed by atoms with Crippen molar-refractivity contribution in [2.24, 2.45) is 4.99 Å². The second-order valence-electron chi connectivity index (χ2n) is 14.5. The summed E-state index contributed by atoms with van der Waals surface area (Å²) in [5.41, 5.74) is -1.86. The summed E-state index contributed by atoms with van der Waals surface area (Å²) in [5.74, 6) is -2.55. The molecule has 1 unspecified atom stereocenters. The van der Waals surface area contributed by atoms with Crippen molar-refractivity contribution in [1.29, 1.82) is 0 Å². The summed E-state index contributed by atoms with van der Waals surface area (Å²) in [5, 5.41) is 2.74. The van der Waals surface area contributed by atoms with Crippen molar-refractivity contribution < 1.29 is 75.0 Å². The Morgan fingerprint density at radius 1 is 0.812 bits per heavy atom. The molecule has 3 aliphatic heterocycles. The van der Waals surface area contributed by atoms with Gasteiger partial charge >= 0.3 is 30.2 Å². The highest BCUT2D eigenvalue weighted by atomic mass is 35.6. The first-order valence-electron chi connectivity index (χ1n) is 19.5. The molecule has 3 fully saturated rings. The number of hydrogen-bond acceptors (Lipinski definition) is 15. The lowest BCUT2D eigenvalue weighted by Crippen LogP contribution is -2.69. The molecule has 0 saturated carbocycles. The van der Waals surface area contributed by atoms with Crippen LogP contribution in [0.2, 0.25) is 0 Å². The van der Waals surface area contributed by atoms with Gasteiger partial charge in [-0.05, 0) is 18.2 Å². The van der Waals surface area contributed by atoms with E-state index in [-0.39, 0.29) is 12.2 Å². The van der Waals surface area contributed by atoms with Gasteiger partial charge in [0.2, 0.25) is 3.79 Å². The number of hydrogen-bond donors (Lipinski definition) is 1. The molecule has 0 aromatic heterocycles. The number of benzene rings is 3. The third kappa shape index (κ3) is 13.4. The van der Waals surface area contributed by atoms with Crippen molar-refractivity contribution in [3.05, 3.63) is 102 Å². The van der Waals surface area contributed by atoms with E-state index in [2.05, 4.69) is 10.3 Å². The number of ether oxygens (including phenoxy) is 9. The Kier molecular flexibility index (Phi) is 16.8. The van der Waals surface area contributed by atoms with Crippen LogP contribution >= 0.6 is 46.6 Å². The molecule has 64 heavy (non-hydrogen) atoms. The van der Waals surface area contributed by atoms with Crippen LogP contribution in [0, 0.1) is 0 Å². The molecule has 3 aliphatic rings. The number of esters is 3. The van der Waals surface area contributed by atoms with Gasteiger partial charge in [-0.3, -0.25) is 19.4 Å². The van der Waals surface area contributed by atoms with Gasteiger partial charge in [-0.15, -0.1) is 0 Å². The minimum atomic E-state index is -4.81. The average molecular weight is 978 g/mol. The first kappa shape index (κ1) is 49.3. The third-order valence-corrected chi connectivity index (χ3v) is 11.2. The first-order chi connectivity index (χ1) is 30.4. The molecule has 1 N–H and O–H groups in total. The van der Waals surface area contributed by atoms with E-state index in [1.165, 1.54) is 23.9 Å². The summed E-state index contributed by atoms with van der Waals surface area (Å²) >= 11 is 18.9. The molecule has 0 bridgehead atoms. The normalized spacial score (nSPS) is 28.4. The zero-order valence-electron chi connectivity index (χ0n) is 34.1. The summed E-state index contributed by atoms with van der Waals surface area (Å²) in [6, 6.07) is 19.5. The fraction of sp³-hybridized carbons (Fsp3) is 0.452. The maximum absolute atomic E-state index is 14.2. The van der Waals surface area contributed by atoms with Gasteiger partial charge in [0.15, 0.2) is 24.8 Å². The molecule has 0 radical (unpaired) electrons. The number of thioether (sulfide) groups is 1. The number of carbonyl (C=O) groups is 4. The Morgan fingerprint density at radius 2 is 1.45 bits per heavy atom. The number of nitrogens with one attached hydrogen (secondary N) is 1. The quantitative estimate of drug-likeness (QED) is 0.0793. The van der Waals surface area contributed by atoms with E-state index in [9.17, 15) is 32.3 Å². The van der Waals surface area contributed by atoms with Crippen LogP contribution in [-0.2, 0) is 63.2 Å². The van der Waals surface area contributed by atoms with Crippen molar-refractivity contribution in [2.75, 3.05) is 19.8 Å². The molecule has 3 aromatic rings. The monoisotopic (exact) mass is 976 g/mol. The minimum absolute atomic E-state index is 0.0681. The van der Waals surface area contributed by atoms with Crippen molar-refractivity contribution in [3.8, 4) is 0 Å². The van der Waals surface area contributed by atoms with Crippen molar-refractivity contribution >= 4 is 76.8 Å². The summed E-state index contributed by atoms with van der Waals surface area (Å²) < 4.78 is 95.2. The van der Waals surface area contributed by atoms with E-state index in [0.717, 1.165) is 39.1 Å². The van der Waals surface area contributed by atoms with Crippen LogP contribution in [-0.4, -0.2) is 114 Å². The highest BCUT2D eigenvalue weighted by Gasteiger charge is 2.57. The lowest BCUT2D eigenvalue weighted by molar-refractivity contribution is -0.343. The largest absolute Gasteiger partial charge is 0.463 e. The number of aliphatic imine (C=N–C) groups is 1. The maximum Gasteiger partial charge on any atom is 0.417 e. The van der Waals surface area contributed by atoms with Crippen LogP contribution in [0.25, 0.3) is 0 Å². The number of nitrogens with zero attached hydrogens (tertiary/aromatic N) is 1. The van der Waals surface area contributed by atoms with E-state index < -0.39 is 119 Å². The number of carbonyl (C=O) groups excluding carboxylic acids is 4. The van der Waals surface area contributed by atoms with Gasteiger partial charge in [-0.2, -0.15) is 13.2 Å². The van der Waals surface area contributed by atoms with Gasteiger partial charge in [0.25, 0.3) is 0 Å². The van der Waals surface area contributed by atoms with Crippen LogP contribution in [0.1, 0.15) is 43.8 Å². The van der Waals surface area contributed by atoms with Crippen LogP contribution < -0.4 is 5.32 Å². The Labute approximate surface area is 384 Å². The number of halogens is 6. The van der Waals surface area contributed by atoms with Crippen LogP contribution in [0.3, 0.4) is 0 Å². The molecule has 346 valence electrons. The Bertz CT molecular complexity index is 2110. The molecule has 0 aliphatic carbocycles. The van der Waals surface area contributed by atoms with Gasteiger partial charge < -0.3 is 47.9 Å². The van der Waals surface area contributed by atoms with Gasteiger partial charge in [-0.25, -0.2) is 4.79 Å². The molecule has 15 nitrogen and oxygen atoms in total. The minimum Gasteiger partial charge on any atom is -0.463 e. The molecule has 22 heteroatoms. The number of alkyl carbamates (subject to hydrolysis) is 1. The van der Waals surface area contributed by atoms with E-state index in [0.29, 0.717) is 10.5 Å². The van der Waals surface area contributed by atoms with Crippen molar-refractivity contribution in [3.63, 3.8) is 0 Å². The van der Waals surface area contributed by atoms with Crippen LogP contribution in [0.15, 0.2) is 94.8 Å². The Hall–Kier alpha value is -4.18. The van der Waals surface area contributed by atoms with E-state index >= 15 is 0 Å². The standard InChI is InChI=1S/C42H42Cl3F3N2O13S/c1-22(51)55-19-29-33(58-23(2)52)35(59-24(3)53)31(49-18-26-14-10-11-17-28(26)42(46,47)48)38(60-29)63-36-32(50-40(54)57-21-41(43,44)45)39(64-27-15-8-5-9-16-27)61-30-20-56-37(62-34(30)36)25-12-6-4-7-13-25/h4-18,29-39H,19-21H2,1-3H3,(H,50,54)/t29-,30-,31-,32-,33-,34-,35-,36-,37?,38-,39+/m1/s1. The second-order valence-corrected chi connectivity index (χ2v) is 18.1. The lowest BCUT2D eigenvalue weighted by Gasteiger charge is -2.51. The molecule has 6 rings (SSSR count). The summed E-state index contributed by atoms with van der Waals surface area (Å²) in [7, 11) is 0. The van der Waals surface area contributed by atoms with Gasteiger partial charge in [0.05, 0.1) is 18.2 Å². The fourth-order valence-corrected chi connectivity index (χ4v) is 8.38. The molecule has 3 saturated heterocycles. The van der Waals surface area contributed by atoms with E-state index in [4.69, 9.17) is 77.4 Å². The summed E-state index contributed by atoms with van der Waals surface area (Å²) in [4.78, 5) is 56.3. The number of rotatable bonds is 13. The SMILES string of the molecule is CC(=O)OC[C@H]1O[C@H](O[C@@H]2[C@@H](NC(=O)OCC(Cl)(Cl)Cl)[C@H](Sc3ccccc3)O[C@@H]3COC(c4ccccc4)O[C@@H]23)[C@H](N=Cc2ccccc2C(F)(F)F)[C@@H](OC(C)=O)[C@@H]1OC(C)=O. The zero-order valence-corrected chi connectivity index (χ0v) is 37.1. The van der Waals surface area contributed by atoms with Crippen LogP contribution in [0.4, 0.5) is 18.0 Å². The molecule has 0 spiro atoms.